The summed E-state index contributed by atoms with van der Waals surface area (Å²) in [6.45, 7) is 12.7. The summed E-state index contributed by atoms with van der Waals surface area (Å²) in [5.74, 6) is -1.64. The van der Waals surface area contributed by atoms with Gasteiger partial charge < -0.3 is 34.6 Å². The largest absolute Gasteiger partial charge is 0.481 e. The highest BCUT2D eigenvalue weighted by Crippen LogP contribution is 2.73. The van der Waals surface area contributed by atoms with Crippen LogP contribution in [0.25, 0.3) is 0 Å². The molecule has 14 atom stereocenters. The van der Waals surface area contributed by atoms with Crippen LogP contribution in [-0.4, -0.2) is 73.8 Å². The lowest BCUT2D eigenvalue weighted by Gasteiger charge is -2.63. The van der Waals surface area contributed by atoms with Gasteiger partial charge in [-0.05, 0) is 106 Å². The van der Waals surface area contributed by atoms with Crippen LogP contribution < -0.4 is 0 Å². The zero-order chi connectivity index (χ0) is 30.6. The molecule has 0 aromatic carbocycles. The molecule has 9 nitrogen and oxygen atoms in total. The first kappa shape index (κ1) is 30.8. The lowest BCUT2D eigenvalue weighted by molar-refractivity contribution is -0.300. The van der Waals surface area contributed by atoms with E-state index < -0.39 is 47.2 Å². The number of carboxylic acids is 1. The predicted molar refractivity (Wildman–Crippen MR) is 152 cm³/mol. The van der Waals surface area contributed by atoms with Gasteiger partial charge in [0.25, 0.3) is 0 Å². The van der Waals surface area contributed by atoms with Crippen molar-refractivity contribution in [1.29, 1.82) is 0 Å². The van der Waals surface area contributed by atoms with E-state index in [-0.39, 0.29) is 71.7 Å². The fourth-order valence-electron chi connectivity index (χ4n) is 11.4. The molecule has 4 aliphatic carbocycles. The third-order valence-corrected chi connectivity index (χ3v) is 13.6. The number of carbonyl (C=O) groups is 2. The number of carbonyl (C=O) groups excluding carboxylic acids is 1. The number of hydrogen-bond acceptors (Lipinski definition) is 8. The zero-order valence-corrected chi connectivity index (χ0v) is 26.2. The van der Waals surface area contributed by atoms with E-state index in [4.69, 9.17) is 19.3 Å². The molecule has 4 N–H and O–H groups in total. The van der Waals surface area contributed by atoms with Crippen LogP contribution in [-0.2, 0) is 23.8 Å². The normalized spacial score (nSPS) is 54.1. The predicted octanol–water partition coefficient (Wildman–Crippen LogP) is 4.04. The quantitative estimate of drug-likeness (QED) is 0.348. The maximum absolute atomic E-state index is 12.6. The van der Waals surface area contributed by atoms with Gasteiger partial charge in [0.15, 0.2) is 5.79 Å². The Morgan fingerprint density at radius 2 is 1.64 bits per heavy atom. The molecule has 9 heteroatoms. The highest BCUT2D eigenvalue weighted by molar-refractivity contribution is 5.71. The highest BCUT2D eigenvalue weighted by Gasteiger charge is 2.77. The summed E-state index contributed by atoms with van der Waals surface area (Å²) >= 11 is 0. The number of aliphatic carboxylic acids is 1. The van der Waals surface area contributed by atoms with Gasteiger partial charge in [-0.2, -0.15) is 0 Å². The molecule has 0 unspecified atom stereocenters. The fourth-order valence-corrected chi connectivity index (χ4v) is 11.4. The number of aliphatic hydroxyl groups excluding tert-OH is 2. The first-order valence-electron chi connectivity index (χ1n) is 16.3. The second-order valence-corrected chi connectivity index (χ2v) is 16.2. The minimum Gasteiger partial charge on any atom is -0.481 e. The van der Waals surface area contributed by atoms with Crippen molar-refractivity contribution < 1.29 is 44.2 Å². The van der Waals surface area contributed by atoms with Crippen LogP contribution in [0.15, 0.2) is 0 Å². The molecular formula is C33H52O9. The van der Waals surface area contributed by atoms with Gasteiger partial charge in [0.1, 0.15) is 11.7 Å². The van der Waals surface area contributed by atoms with Crippen LogP contribution in [0.2, 0.25) is 0 Å². The van der Waals surface area contributed by atoms with E-state index in [1.807, 2.05) is 6.92 Å². The number of ether oxygens (including phenoxy) is 3. The summed E-state index contributed by atoms with van der Waals surface area (Å²) in [5, 5.41) is 44.2. The van der Waals surface area contributed by atoms with Crippen molar-refractivity contribution >= 4 is 11.9 Å². The van der Waals surface area contributed by atoms with Gasteiger partial charge in [0.2, 0.25) is 0 Å². The SMILES string of the molecule is C[C@H]1C[C@]2(O[C@H]3C[C@H]4[C@H]5CC[C@@H]6C[C@H](O)[C@H](OC(=O)CCCC(=O)O)C[C@]6(C)[C@@H]5[C@@H](O)C[C@]4(C)[C@H]3[C@@]2(C)O)OC1(C)C. The van der Waals surface area contributed by atoms with Gasteiger partial charge in [0, 0.05) is 25.2 Å². The molecule has 2 heterocycles. The van der Waals surface area contributed by atoms with Crippen LogP contribution in [0.4, 0.5) is 0 Å². The van der Waals surface area contributed by atoms with E-state index in [1.54, 1.807) is 0 Å². The molecule has 0 amide bonds. The Balaban J connectivity index is 1.23. The second-order valence-electron chi connectivity index (χ2n) is 16.2. The average Bonchev–Trinajstić information content (AvgIpc) is 3.36. The molecule has 6 fully saturated rings. The Kier molecular flexibility index (Phi) is 7.23. The molecule has 42 heavy (non-hydrogen) atoms. The Bertz CT molecular complexity index is 1110. The van der Waals surface area contributed by atoms with Gasteiger partial charge in [-0.1, -0.05) is 20.8 Å². The molecule has 2 aliphatic heterocycles. The van der Waals surface area contributed by atoms with E-state index in [2.05, 4.69) is 34.6 Å². The minimum atomic E-state index is -1.19. The summed E-state index contributed by atoms with van der Waals surface area (Å²) in [5.41, 5.74) is -2.21. The van der Waals surface area contributed by atoms with E-state index in [0.29, 0.717) is 25.7 Å². The first-order chi connectivity index (χ1) is 19.4. The van der Waals surface area contributed by atoms with Crippen LogP contribution in [0.3, 0.4) is 0 Å². The van der Waals surface area contributed by atoms with Gasteiger partial charge in [-0.3, -0.25) is 9.59 Å². The standard InChI is InChI=1S/C33H52O9/c1-17-14-33(42-29(17,2)3)32(6,39)28-23(41-33)13-20-19-11-10-18-12-21(34)24(40-26(38)9-7-8-25(36)37)16-30(18,4)27(19)22(35)15-31(20,28)5/h17-24,27-28,34-35,39H,7-16H2,1-6H3,(H,36,37)/t17-,18+,19+,20-,21-,22-,23-,24+,27-,28-,30-,31-,32+,33-/m0/s1. The molecule has 1 spiro atoms. The molecule has 0 radical (unpaired) electrons. The summed E-state index contributed by atoms with van der Waals surface area (Å²) in [4.78, 5) is 23.4. The van der Waals surface area contributed by atoms with Crippen LogP contribution >= 0.6 is 0 Å². The van der Waals surface area contributed by atoms with Crippen LogP contribution in [0.5, 0.6) is 0 Å². The van der Waals surface area contributed by atoms with Gasteiger partial charge in [-0.15, -0.1) is 0 Å². The van der Waals surface area contributed by atoms with Crippen molar-refractivity contribution in [2.75, 3.05) is 0 Å². The molecule has 2 saturated heterocycles. The number of aliphatic hydroxyl groups is 3. The van der Waals surface area contributed by atoms with Crippen molar-refractivity contribution in [3.63, 3.8) is 0 Å². The second kappa shape index (κ2) is 9.87. The first-order valence-corrected chi connectivity index (χ1v) is 16.3. The third-order valence-electron chi connectivity index (χ3n) is 13.6. The maximum Gasteiger partial charge on any atom is 0.306 e. The van der Waals surface area contributed by atoms with Crippen molar-refractivity contribution in [3.05, 3.63) is 0 Å². The lowest BCUT2D eigenvalue weighted by atomic mass is 9.43. The Morgan fingerprint density at radius 3 is 2.29 bits per heavy atom. The van der Waals surface area contributed by atoms with Crippen LogP contribution in [0.1, 0.15) is 106 Å². The van der Waals surface area contributed by atoms with Gasteiger partial charge in [-0.25, -0.2) is 0 Å². The molecule has 4 saturated carbocycles. The molecule has 238 valence electrons. The Hall–Kier alpha value is -1.26. The third kappa shape index (κ3) is 4.34. The summed E-state index contributed by atoms with van der Waals surface area (Å²) in [7, 11) is 0. The summed E-state index contributed by atoms with van der Waals surface area (Å²) < 4.78 is 19.1. The number of rotatable bonds is 5. The smallest absolute Gasteiger partial charge is 0.306 e. The molecular weight excluding hydrogens is 540 g/mol. The Labute approximate surface area is 249 Å². The highest BCUT2D eigenvalue weighted by atomic mass is 16.7. The molecule has 6 aliphatic rings. The Morgan fingerprint density at radius 1 is 0.929 bits per heavy atom. The van der Waals surface area contributed by atoms with E-state index >= 15 is 0 Å². The number of carboxylic acid groups (broad SMARTS) is 1. The number of fused-ring (bicyclic) bond motifs is 7. The maximum atomic E-state index is 12.6. The van der Waals surface area contributed by atoms with E-state index in [1.165, 1.54) is 0 Å². The monoisotopic (exact) mass is 592 g/mol. The summed E-state index contributed by atoms with van der Waals surface area (Å²) in [6, 6.07) is 0. The van der Waals surface area contributed by atoms with Crippen molar-refractivity contribution in [2.45, 2.75) is 147 Å². The van der Waals surface area contributed by atoms with E-state index in [0.717, 1.165) is 19.3 Å². The average molecular weight is 593 g/mol. The van der Waals surface area contributed by atoms with Crippen molar-refractivity contribution in [2.24, 2.45) is 46.3 Å². The van der Waals surface area contributed by atoms with E-state index in [9.17, 15) is 24.9 Å². The van der Waals surface area contributed by atoms with Crippen molar-refractivity contribution in [1.82, 2.24) is 0 Å². The van der Waals surface area contributed by atoms with Crippen LogP contribution in [0, 0.1) is 46.3 Å². The molecule has 0 aromatic rings. The minimum absolute atomic E-state index is 0.00513. The molecule has 0 bridgehead atoms. The van der Waals surface area contributed by atoms with Crippen molar-refractivity contribution in [3.8, 4) is 0 Å². The topological polar surface area (TPSA) is 143 Å². The lowest BCUT2D eigenvalue weighted by Crippen LogP contribution is -2.63. The van der Waals surface area contributed by atoms with Gasteiger partial charge >= 0.3 is 11.9 Å². The molecule has 6 rings (SSSR count). The number of hydrogen-bond donors (Lipinski definition) is 4. The summed E-state index contributed by atoms with van der Waals surface area (Å²) in [6.07, 6.45) is 2.92. The molecule has 0 aromatic heterocycles. The zero-order valence-electron chi connectivity index (χ0n) is 26.2. The van der Waals surface area contributed by atoms with Gasteiger partial charge in [0.05, 0.1) is 23.9 Å². The number of esters is 1. The fraction of sp³-hybridized carbons (Fsp3) is 0.939.